The maximum Gasteiger partial charge on any atom is 0.230 e. The summed E-state index contributed by atoms with van der Waals surface area (Å²) in [4.78, 5) is 25.9. The standard InChI is InChI=1S/C13H17N5OS/c19-12(17-13-16-5-7-20-13)10-2-1-6-18(8-10)9-11-14-3-4-15-11/h3-5,7,10H,1-2,6,8-9H2,(H,14,15)(H,16,17,19). The number of piperidine rings is 1. The van der Waals surface area contributed by atoms with Crippen LogP contribution >= 0.6 is 11.3 Å². The van der Waals surface area contributed by atoms with Gasteiger partial charge in [0.1, 0.15) is 5.82 Å². The van der Waals surface area contributed by atoms with Gasteiger partial charge in [-0.05, 0) is 19.4 Å². The van der Waals surface area contributed by atoms with Gasteiger partial charge < -0.3 is 10.3 Å². The zero-order chi connectivity index (χ0) is 13.8. The van der Waals surface area contributed by atoms with Crippen LogP contribution in [0.3, 0.4) is 0 Å². The van der Waals surface area contributed by atoms with Gasteiger partial charge in [-0.2, -0.15) is 0 Å². The topological polar surface area (TPSA) is 73.9 Å². The lowest BCUT2D eigenvalue weighted by atomic mass is 9.97. The summed E-state index contributed by atoms with van der Waals surface area (Å²) < 4.78 is 0. The predicted molar refractivity (Wildman–Crippen MR) is 77.3 cm³/mol. The Kier molecular flexibility index (Phi) is 4.08. The van der Waals surface area contributed by atoms with Gasteiger partial charge in [0.25, 0.3) is 0 Å². The molecule has 0 aliphatic carbocycles. The van der Waals surface area contributed by atoms with Crippen molar-refractivity contribution >= 4 is 22.4 Å². The number of anilines is 1. The molecule has 0 spiro atoms. The van der Waals surface area contributed by atoms with Crippen LogP contribution in [-0.4, -0.2) is 38.8 Å². The first-order chi connectivity index (χ1) is 9.81. The smallest absolute Gasteiger partial charge is 0.230 e. The van der Waals surface area contributed by atoms with Crippen molar-refractivity contribution in [3.63, 3.8) is 0 Å². The van der Waals surface area contributed by atoms with Crippen LogP contribution in [0.25, 0.3) is 0 Å². The Morgan fingerprint density at radius 2 is 2.45 bits per heavy atom. The molecule has 106 valence electrons. The maximum absolute atomic E-state index is 12.2. The lowest BCUT2D eigenvalue weighted by Gasteiger charge is -2.31. The maximum atomic E-state index is 12.2. The van der Waals surface area contributed by atoms with E-state index in [4.69, 9.17) is 0 Å². The van der Waals surface area contributed by atoms with E-state index in [0.717, 1.165) is 38.3 Å². The molecule has 0 aromatic carbocycles. The number of likely N-dealkylation sites (tertiary alicyclic amines) is 1. The number of aromatic nitrogens is 3. The van der Waals surface area contributed by atoms with Crippen molar-refractivity contribution in [1.29, 1.82) is 0 Å². The highest BCUT2D eigenvalue weighted by molar-refractivity contribution is 7.13. The van der Waals surface area contributed by atoms with Crippen molar-refractivity contribution in [2.45, 2.75) is 19.4 Å². The number of thiazole rings is 1. The van der Waals surface area contributed by atoms with Crippen LogP contribution in [0.1, 0.15) is 18.7 Å². The Labute approximate surface area is 121 Å². The molecule has 1 amide bonds. The number of amides is 1. The predicted octanol–water partition coefficient (Wildman–Crippen LogP) is 1.72. The molecule has 1 fully saturated rings. The third kappa shape index (κ3) is 3.23. The number of imidazole rings is 1. The van der Waals surface area contributed by atoms with Gasteiger partial charge in [-0.25, -0.2) is 9.97 Å². The molecule has 7 heteroatoms. The van der Waals surface area contributed by atoms with E-state index in [1.54, 1.807) is 12.4 Å². The van der Waals surface area contributed by atoms with Gasteiger partial charge in [0.15, 0.2) is 5.13 Å². The largest absolute Gasteiger partial charge is 0.348 e. The quantitative estimate of drug-likeness (QED) is 0.899. The van der Waals surface area contributed by atoms with Gasteiger partial charge in [0.05, 0.1) is 12.5 Å². The first-order valence-corrected chi connectivity index (χ1v) is 7.60. The number of H-pyrrole nitrogens is 1. The summed E-state index contributed by atoms with van der Waals surface area (Å²) in [5, 5.41) is 5.43. The highest BCUT2D eigenvalue weighted by Crippen LogP contribution is 2.20. The molecule has 1 aliphatic heterocycles. The molecule has 3 heterocycles. The monoisotopic (exact) mass is 291 g/mol. The minimum atomic E-state index is 0.0302. The van der Waals surface area contributed by atoms with Crippen molar-refractivity contribution < 1.29 is 4.79 Å². The Morgan fingerprint density at radius 3 is 3.20 bits per heavy atom. The average Bonchev–Trinajstić information content (AvgIpc) is 3.12. The normalized spacial score (nSPS) is 19.9. The number of hydrogen-bond donors (Lipinski definition) is 2. The zero-order valence-electron chi connectivity index (χ0n) is 11.1. The second-order valence-corrected chi connectivity index (χ2v) is 5.83. The number of hydrogen-bond acceptors (Lipinski definition) is 5. The molecule has 1 unspecified atom stereocenters. The van der Waals surface area contributed by atoms with Crippen LogP contribution in [0.5, 0.6) is 0 Å². The van der Waals surface area contributed by atoms with Crippen LogP contribution in [-0.2, 0) is 11.3 Å². The highest BCUT2D eigenvalue weighted by atomic mass is 32.1. The van der Waals surface area contributed by atoms with E-state index in [1.165, 1.54) is 11.3 Å². The van der Waals surface area contributed by atoms with Gasteiger partial charge >= 0.3 is 0 Å². The molecule has 1 atom stereocenters. The summed E-state index contributed by atoms with van der Waals surface area (Å²) in [5.41, 5.74) is 0. The molecule has 20 heavy (non-hydrogen) atoms. The highest BCUT2D eigenvalue weighted by Gasteiger charge is 2.26. The number of nitrogens with zero attached hydrogens (tertiary/aromatic N) is 3. The van der Waals surface area contributed by atoms with Gasteiger partial charge in [0, 0.05) is 30.5 Å². The lowest BCUT2D eigenvalue weighted by molar-refractivity contribution is -0.121. The van der Waals surface area contributed by atoms with E-state index in [9.17, 15) is 4.79 Å². The van der Waals surface area contributed by atoms with Gasteiger partial charge in [-0.1, -0.05) is 0 Å². The number of rotatable bonds is 4. The van der Waals surface area contributed by atoms with Crippen molar-refractivity contribution in [3.8, 4) is 0 Å². The van der Waals surface area contributed by atoms with Crippen molar-refractivity contribution in [2.24, 2.45) is 5.92 Å². The second kappa shape index (κ2) is 6.15. The molecule has 0 radical (unpaired) electrons. The fraction of sp³-hybridized carbons (Fsp3) is 0.462. The molecule has 0 saturated carbocycles. The summed E-state index contributed by atoms with van der Waals surface area (Å²) in [7, 11) is 0. The Morgan fingerprint density at radius 1 is 1.50 bits per heavy atom. The molecule has 6 nitrogen and oxygen atoms in total. The fourth-order valence-corrected chi connectivity index (χ4v) is 3.03. The SMILES string of the molecule is O=C(Nc1nccs1)C1CCCN(Cc2ncc[nH]2)C1. The third-order valence-electron chi connectivity index (χ3n) is 3.47. The molecule has 0 bridgehead atoms. The van der Waals surface area contributed by atoms with Crippen LogP contribution in [0.2, 0.25) is 0 Å². The van der Waals surface area contributed by atoms with Crippen LogP contribution < -0.4 is 5.32 Å². The van der Waals surface area contributed by atoms with Crippen molar-refractivity contribution in [1.82, 2.24) is 19.9 Å². The molecular formula is C13H17N5OS. The van der Waals surface area contributed by atoms with E-state index >= 15 is 0 Å². The fourth-order valence-electron chi connectivity index (χ4n) is 2.50. The number of aromatic amines is 1. The van der Waals surface area contributed by atoms with E-state index in [2.05, 4.69) is 25.2 Å². The van der Waals surface area contributed by atoms with Crippen LogP contribution in [0.4, 0.5) is 5.13 Å². The van der Waals surface area contributed by atoms with E-state index in [1.807, 2.05) is 11.6 Å². The summed E-state index contributed by atoms with van der Waals surface area (Å²) in [6, 6.07) is 0. The minimum Gasteiger partial charge on any atom is -0.348 e. The van der Waals surface area contributed by atoms with Crippen LogP contribution in [0.15, 0.2) is 24.0 Å². The zero-order valence-corrected chi connectivity index (χ0v) is 11.9. The Hall–Kier alpha value is -1.73. The van der Waals surface area contributed by atoms with E-state index < -0.39 is 0 Å². The van der Waals surface area contributed by atoms with Crippen molar-refractivity contribution in [2.75, 3.05) is 18.4 Å². The van der Waals surface area contributed by atoms with Crippen molar-refractivity contribution in [3.05, 3.63) is 29.8 Å². The Bertz CT molecular complexity index is 539. The number of carbonyl (C=O) groups is 1. The molecule has 1 aliphatic rings. The van der Waals surface area contributed by atoms with Gasteiger partial charge in [-0.15, -0.1) is 11.3 Å². The molecule has 2 aromatic heterocycles. The molecular weight excluding hydrogens is 274 g/mol. The van der Waals surface area contributed by atoms with E-state index in [0.29, 0.717) is 5.13 Å². The molecule has 2 N–H and O–H groups in total. The number of carbonyl (C=O) groups excluding carboxylic acids is 1. The second-order valence-electron chi connectivity index (χ2n) is 4.94. The van der Waals surface area contributed by atoms with Gasteiger partial charge in [0.2, 0.25) is 5.91 Å². The summed E-state index contributed by atoms with van der Waals surface area (Å²) in [6.07, 6.45) is 7.25. The first-order valence-electron chi connectivity index (χ1n) is 6.72. The third-order valence-corrected chi connectivity index (χ3v) is 4.16. The summed E-state index contributed by atoms with van der Waals surface area (Å²) in [6.45, 7) is 2.56. The molecule has 3 rings (SSSR count). The van der Waals surface area contributed by atoms with E-state index in [-0.39, 0.29) is 11.8 Å². The average molecular weight is 291 g/mol. The minimum absolute atomic E-state index is 0.0302. The summed E-state index contributed by atoms with van der Waals surface area (Å²) in [5.74, 6) is 1.05. The molecule has 2 aromatic rings. The number of nitrogens with one attached hydrogen (secondary N) is 2. The Balaban J connectivity index is 1.56. The van der Waals surface area contributed by atoms with Crippen LogP contribution in [0, 0.1) is 5.92 Å². The van der Waals surface area contributed by atoms with Gasteiger partial charge in [-0.3, -0.25) is 9.69 Å². The lowest BCUT2D eigenvalue weighted by Crippen LogP contribution is -2.40. The summed E-state index contributed by atoms with van der Waals surface area (Å²) >= 11 is 1.45. The first kappa shape index (κ1) is 13.3. The molecule has 1 saturated heterocycles.